The van der Waals surface area contributed by atoms with Crippen molar-refractivity contribution in [3.05, 3.63) is 0 Å². The van der Waals surface area contributed by atoms with Gasteiger partial charge in [0.1, 0.15) is 0 Å². The maximum Gasteiger partial charge on any atom is 0.0628 e. The van der Waals surface area contributed by atoms with E-state index in [1.807, 2.05) is 0 Å². The van der Waals surface area contributed by atoms with Crippen LogP contribution in [0.15, 0.2) is 0 Å². The second kappa shape index (κ2) is 2.48. The van der Waals surface area contributed by atoms with Gasteiger partial charge >= 0.3 is 0 Å². The number of ether oxygens (including phenoxy) is 1. The van der Waals surface area contributed by atoms with Crippen LogP contribution in [0.2, 0.25) is 0 Å². The molecule has 0 aromatic carbocycles. The maximum atomic E-state index is 6.29. The van der Waals surface area contributed by atoms with Gasteiger partial charge in [0.05, 0.1) is 5.60 Å². The van der Waals surface area contributed by atoms with Crippen molar-refractivity contribution in [3.63, 3.8) is 0 Å². The molecule has 2 aliphatic rings. The molecule has 0 heterocycles. The van der Waals surface area contributed by atoms with Crippen molar-refractivity contribution in [3.8, 4) is 0 Å². The summed E-state index contributed by atoms with van der Waals surface area (Å²) in [5, 5.41) is 0. The molecular formula is C11H21NO. The number of rotatable bonds is 4. The number of methoxy groups -OCH3 is 1. The summed E-state index contributed by atoms with van der Waals surface area (Å²) in [7, 11) is 1.80. The summed E-state index contributed by atoms with van der Waals surface area (Å²) >= 11 is 0. The van der Waals surface area contributed by atoms with Crippen molar-refractivity contribution >= 4 is 0 Å². The highest BCUT2D eigenvalue weighted by Gasteiger charge is 2.64. The summed E-state index contributed by atoms with van der Waals surface area (Å²) in [5.74, 6) is 0. The molecule has 2 aliphatic carbocycles. The minimum absolute atomic E-state index is 0.00542. The van der Waals surface area contributed by atoms with Gasteiger partial charge in [0, 0.05) is 12.6 Å². The Morgan fingerprint density at radius 2 is 1.77 bits per heavy atom. The molecule has 2 rings (SSSR count). The summed E-state index contributed by atoms with van der Waals surface area (Å²) in [6, 6.07) is 0. The van der Waals surface area contributed by atoms with Gasteiger partial charge in [-0.2, -0.15) is 0 Å². The predicted octanol–water partition coefficient (Wildman–Crippen LogP) is 2.07. The fourth-order valence-corrected chi connectivity index (χ4v) is 2.55. The molecular weight excluding hydrogens is 162 g/mol. The molecule has 0 aliphatic heterocycles. The van der Waals surface area contributed by atoms with E-state index in [-0.39, 0.29) is 11.1 Å². The van der Waals surface area contributed by atoms with Gasteiger partial charge in [-0.1, -0.05) is 0 Å². The first-order valence-electron chi connectivity index (χ1n) is 5.27. The Balaban J connectivity index is 2.01. The van der Waals surface area contributed by atoms with E-state index in [1.54, 1.807) is 7.11 Å². The van der Waals surface area contributed by atoms with Crippen molar-refractivity contribution in [2.24, 2.45) is 11.1 Å². The molecule has 0 amide bonds. The van der Waals surface area contributed by atoms with Crippen LogP contribution >= 0.6 is 0 Å². The second-order valence-electron chi connectivity index (χ2n) is 5.58. The van der Waals surface area contributed by atoms with E-state index in [2.05, 4.69) is 13.8 Å². The molecule has 2 N–H and O–H groups in total. The molecule has 0 saturated heterocycles. The lowest BCUT2D eigenvalue weighted by atomic mass is 9.83. The molecule has 0 aromatic heterocycles. The Morgan fingerprint density at radius 3 is 2.08 bits per heavy atom. The average Bonchev–Trinajstić information content (AvgIpc) is 2.89. The van der Waals surface area contributed by atoms with Gasteiger partial charge in [0.2, 0.25) is 0 Å². The van der Waals surface area contributed by atoms with Crippen LogP contribution in [0.25, 0.3) is 0 Å². The first-order valence-corrected chi connectivity index (χ1v) is 5.27. The Hall–Kier alpha value is -0.0800. The molecule has 0 aromatic rings. The van der Waals surface area contributed by atoms with Crippen LogP contribution in [-0.2, 0) is 4.74 Å². The van der Waals surface area contributed by atoms with E-state index in [4.69, 9.17) is 10.5 Å². The van der Waals surface area contributed by atoms with E-state index < -0.39 is 0 Å². The van der Waals surface area contributed by atoms with Crippen LogP contribution in [0.1, 0.15) is 46.0 Å². The molecule has 0 spiro atoms. The standard InChI is InChI=1S/C11H21NO/c1-9(2,13-3)8-10(4-5-10)11(12)6-7-11/h4-8,12H2,1-3H3. The summed E-state index contributed by atoms with van der Waals surface area (Å²) in [6.45, 7) is 4.33. The zero-order chi connectivity index (χ0) is 9.74. The number of nitrogens with two attached hydrogens (primary N) is 1. The SMILES string of the molecule is COC(C)(C)CC1(C2(N)CC2)CC1. The van der Waals surface area contributed by atoms with Crippen LogP contribution in [0.3, 0.4) is 0 Å². The molecule has 2 saturated carbocycles. The minimum atomic E-state index is 0.00542. The van der Waals surface area contributed by atoms with Crippen LogP contribution in [0, 0.1) is 5.41 Å². The Bertz CT molecular complexity index is 214. The topological polar surface area (TPSA) is 35.2 Å². The molecule has 0 radical (unpaired) electrons. The van der Waals surface area contributed by atoms with E-state index in [1.165, 1.54) is 25.7 Å². The zero-order valence-electron chi connectivity index (χ0n) is 9.02. The molecule has 2 nitrogen and oxygen atoms in total. The Morgan fingerprint density at radius 1 is 1.23 bits per heavy atom. The van der Waals surface area contributed by atoms with Crippen LogP contribution < -0.4 is 5.73 Å². The molecule has 0 bridgehead atoms. The highest BCUT2D eigenvalue weighted by atomic mass is 16.5. The van der Waals surface area contributed by atoms with Crippen molar-refractivity contribution in [1.82, 2.24) is 0 Å². The zero-order valence-corrected chi connectivity index (χ0v) is 9.02. The third-order valence-electron chi connectivity index (χ3n) is 4.02. The molecule has 0 atom stereocenters. The lowest BCUT2D eigenvalue weighted by Gasteiger charge is -2.32. The lowest BCUT2D eigenvalue weighted by molar-refractivity contribution is -0.00713. The van der Waals surface area contributed by atoms with Gasteiger partial charge in [-0.3, -0.25) is 0 Å². The summed E-state index contributed by atoms with van der Waals surface area (Å²) in [4.78, 5) is 0. The van der Waals surface area contributed by atoms with Gasteiger partial charge in [0.15, 0.2) is 0 Å². The Kier molecular flexibility index (Phi) is 1.81. The van der Waals surface area contributed by atoms with Crippen molar-refractivity contribution < 1.29 is 4.74 Å². The average molecular weight is 183 g/mol. The quantitative estimate of drug-likeness (QED) is 0.724. The first kappa shape index (κ1) is 9.47. The number of hydrogen-bond acceptors (Lipinski definition) is 2. The van der Waals surface area contributed by atoms with E-state index in [9.17, 15) is 0 Å². The summed E-state index contributed by atoms with van der Waals surface area (Å²) < 4.78 is 5.48. The number of hydrogen-bond donors (Lipinski definition) is 1. The van der Waals surface area contributed by atoms with Crippen molar-refractivity contribution in [2.75, 3.05) is 7.11 Å². The van der Waals surface area contributed by atoms with Crippen molar-refractivity contribution in [2.45, 2.75) is 57.1 Å². The molecule has 2 fully saturated rings. The summed E-state index contributed by atoms with van der Waals surface area (Å²) in [6.07, 6.45) is 6.22. The van der Waals surface area contributed by atoms with E-state index in [0.29, 0.717) is 5.41 Å². The smallest absolute Gasteiger partial charge is 0.0628 e. The van der Waals surface area contributed by atoms with Crippen LogP contribution in [0.4, 0.5) is 0 Å². The third kappa shape index (κ3) is 1.50. The van der Waals surface area contributed by atoms with Gasteiger partial charge < -0.3 is 10.5 Å². The lowest BCUT2D eigenvalue weighted by Crippen LogP contribution is -2.39. The predicted molar refractivity (Wildman–Crippen MR) is 53.5 cm³/mol. The maximum absolute atomic E-state index is 6.29. The fraction of sp³-hybridized carbons (Fsp3) is 1.00. The van der Waals surface area contributed by atoms with Crippen LogP contribution in [-0.4, -0.2) is 18.2 Å². The Labute approximate surface area is 80.8 Å². The van der Waals surface area contributed by atoms with Gasteiger partial charge in [-0.25, -0.2) is 0 Å². The third-order valence-corrected chi connectivity index (χ3v) is 4.02. The molecule has 13 heavy (non-hydrogen) atoms. The largest absolute Gasteiger partial charge is 0.379 e. The monoisotopic (exact) mass is 183 g/mol. The van der Waals surface area contributed by atoms with Gasteiger partial charge in [-0.15, -0.1) is 0 Å². The minimum Gasteiger partial charge on any atom is -0.379 e. The highest BCUT2D eigenvalue weighted by Crippen LogP contribution is 2.66. The van der Waals surface area contributed by atoms with Crippen LogP contribution in [0.5, 0.6) is 0 Å². The second-order valence-corrected chi connectivity index (χ2v) is 5.58. The van der Waals surface area contributed by atoms with Gasteiger partial charge in [-0.05, 0) is 51.4 Å². The summed E-state index contributed by atoms with van der Waals surface area (Å²) in [5.41, 5.74) is 6.92. The molecule has 76 valence electrons. The molecule has 0 unspecified atom stereocenters. The highest BCUT2D eigenvalue weighted by molar-refractivity contribution is 5.20. The van der Waals surface area contributed by atoms with Crippen molar-refractivity contribution in [1.29, 1.82) is 0 Å². The van der Waals surface area contributed by atoms with E-state index >= 15 is 0 Å². The normalized spacial score (nSPS) is 28.6. The fourth-order valence-electron chi connectivity index (χ4n) is 2.55. The first-order chi connectivity index (χ1) is 5.93. The van der Waals surface area contributed by atoms with Gasteiger partial charge in [0.25, 0.3) is 0 Å². The van der Waals surface area contributed by atoms with E-state index in [0.717, 1.165) is 6.42 Å². The molecule has 2 heteroatoms.